The van der Waals surface area contributed by atoms with Gasteiger partial charge >= 0.3 is 0 Å². The van der Waals surface area contributed by atoms with Gasteiger partial charge in [0.1, 0.15) is 5.69 Å². The van der Waals surface area contributed by atoms with Crippen LogP contribution in [0.4, 0.5) is 0 Å². The van der Waals surface area contributed by atoms with Crippen molar-refractivity contribution in [1.82, 2.24) is 25.4 Å². The molecule has 7 nitrogen and oxygen atoms in total. The molecule has 7 heteroatoms. The Balaban J connectivity index is 2.08. The Morgan fingerprint density at radius 2 is 2.16 bits per heavy atom. The first-order valence-corrected chi connectivity index (χ1v) is 8.39. The van der Waals surface area contributed by atoms with E-state index in [0.29, 0.717) is 29.2 Å². The van der Waals surface area contributed by atoms with Gasteiger partial charge in [-0.1, -0.05) is 0 Å². The van der Waals surface area contributed by atoms with Crippen LogP contribution >= 0.6 is 0 Å². The number of hydrogen-bond donors (Lipinski definition) is 2. The zero-order valence-electron chi connectivity index (χ0n) is 14.9. The fourth-order valence-electron chi connectivity index (χ4n) is 2.58. The number of carbonyl (C=O) groups is 1. The van der Waals surface area contributed by atoms with Crippen LogP contribution in [0.2, 0.25) is 0 Å². The quantitative estimate of drug-likeness (QED) is 0.720. The molecule has 3 heterocycles. The number of rotatable bonds is 6. The average Bonchev–Trinajstić information content (AvgIpc) is 3.27. The maximum atomic E-state index is 12.7. The Labute approximate surface area is 146 Å². The molecule has 0 aliphatic heterocycles. The Morgan fingerprint density at radius 3 is 2.80 bits per heavy atom. The summed E-state index contributed by atoms with van der Waals surface area (Å²) in [6.07, 6.45) is 3.29. The van der Waals surface area contributed by atoms with Crippen LogP contribution in [0, 0.1) is 0 Å². The van der Waals surface area contributed by atoms with Gasteiger partial charge < -0.3 is 15.1 Å². The number of nitrogens with one attached hydrogen (secondary N) is 2. The minimum atomic E-state index is -0.148. The van der Waals surface area contributed by atoms with Crippen molar-refractivity contribution in [3.05, 3.63) is 36.2 Å². The van der Waals surface area contributed by atoms with Crippen molar-refractivity contribution in [2.24, 2.45) is 0 Å². The van der Waals surface area contributed by atoms with Gasteiger partial charge in [0.05, 0.1) is 23.4 Å². The second-order valence-corrected chi connectivity index (χ2v) is 6.35. The number of amides is 1. The van der Waals surface area contributed by atoms with Crippen LogP contribution in [0.15, 0.2) is 35.1 Å². The number of carbonyl (C=O) groups excluding carboxylic acids is 1. The fourth-order valence-corrected chi connectivity index (χ4v) is 2.58. The molecule has 2 N–H and O–H groups in total. The predicted molar refractivity (Wildman–Crippen MR) is 96.5 cm³/mol. The van der Waals surface area contributed by atoms with Gasteiger partial charge in [-0.15, -0.1) is 0 Å². The Morgan fingerprint density at radius 1 is 1.36 bits per heavy atom. The molecular weight excluding hydrogens is 318 g/mol. The lowest BCUT2D eigenvalue weighted by atomic mass is 10.1. The Hall–Kier alpha value is -2.67. The normalized spacial score (nSPS) is 12.7. The van der Waals surface area contributed by atoms with E-state index in [1.807, 2.05) is 38.6 Å². The zero-order valence-corrected chi connectivity index (χ0v) is 14.9. The van der Waals surface area contributed by atoms with Crippen LogP contribution < -0.4 is 10.6 Å². The van der Waals surface area contributed by atoms with Crippen molar-refractivity contribution in [3.8, 4) is 11.5 Å². The molecule has 3 rings (SSSR count). The van der Waals surface area contributed by atoms with Crippen molar-refractivity contribution in [2.45, 2.75) is 32.9 Å². The number of aromatic nitrogens is 3. The lowest BCUT2D eigenvalue weighted by Crippen LogP contribution is -2.37. The van der Waals surface area contributed by atoms with Crippen LogP contribution in [0.1, 0.15) is 37.2 Å². The molecule has 0 spiro atoms. The molecule has 0 saturated heterocycles. The van der Waals surface area contributed by atoms with Crippen molar-refractivity contribution >= 4 is 16.9 Å². The molecule has 132 valence electrons. The monoisotopic (exact) mass is 341 g/mol. The molecule has 0 radical (unpaired) electrons. The van der Waals surface area contributed by atoms with Gasteiger partial charge in [0.25, 0.3) is 5.91 Å². The molecule has 1 atom stereocenters. The molecule has 3 aromatic heterocycles. The van der Waals surface area contributed by atoms with Crippen molar-refractivity contribution < 1.29 is 9.21 Å². The van der Waals surface area contributed by atoms with E-state index < -0.39 is 0 Å². The second-order valence-electron chi connectivity index (χ2n) is 6.35. The van der Waals surface area contributed by atoms with Crippen LogP contribution in [0.25, 0.3) is 22.5 Å². The fraction of sp³-hybridized carbons (Fsp3) is 0.389. The molecule has 0 aliphatic rings. The molecule has 1 amide bonds. The summed E-state index contributed by atoms with van der Waals surface area (Å²) < 4.78 is 7.28. The summed E-state index contributed by atoms with van der Waals surface area (Å²) in [4.78, 5) is 17.4. The maximum Gasteiger partial charge on any atom is 0.252 e. The molecule has 0 saturated carbocycles. The highest BCUT2D eigenvalue weighted by molar-refractivity contribution is 6.06. The van der Waals surface area contributed by atoms with Gasteiger partial charge in [0, 0.05) is 18.6 Å². The first kappa shape index (κ1) is 17.2. The summed E-state index contributed by atoms with van der Waals surface area (Å²) in [6.45, 7) is 6.60. The van der Waals surface area contributed by atoms with Gasteiger partial charge in [-0.2, -0.15) is 5.10 Å². The third kappa shape index (κ3) is 3.41. The predicted octanol–water partition coefficient (Wildman–Crippen LogP) is 2.61. The molecule has 3 aromatic rings. The molecule has 1 unspecified atom stereocenters. The summed E-state index contributed by atoms with van der Waals surface area (Å²) >= 11 is 0. The number of fused-ring (bicyclic) bond motifs is 1. The van der Waals surface area contributed by atoms with Gasteiger partial charge in [-0.25, -0.2) is 9.67 Å². The van der Waals surface area contributed by atoms with Crippen molar-refractivity contribution in [1.29, 1.82) is 0 Å². The van der Waals surface area contributed by atoms with Gasteiger partial charge in [0.15, 0.2) is 11.4 Å². The topological polar surface area (TPSA) is 85.0 Å². The minimum Gasteiger partial charge on any atom is -0.463 e. The molecule has 0 aromatic carbocycles. The molecule has 0 bridgehead atoms. The van der Waals surface area contributed by atoms with E-state index in [-0.39, 0.29) is 18.0 Å². The molecular formula is C18H23N5O2. The SMILES string of the molecule is CNC(C)CNC(=O)c1cc(-c2ccco2)nc2c1cnn2C(C)C. The van der Waals surface area contributed by atoms with Gasteiger partial charge in [-0.3, -0.25) is 4.79 Å². The highest BCUT2D eigenvalue weighted by atomic mass is 16.3. The lowest BCUT2D eigenvalue weighted by Gasteiger charge is -2.13. The van der Waals surface area contributed by atoms with Crippen molar-refractivity contribution in [3.63, 3.8) is 0 Å². The third-order valence-corrected chi connectivity index (χ3v) is 4.14. The summed E-state index contributed by atoms with van der Waals surface area (Å²) in [5.41, 5.74) is 1.84. The van der Waals surface area contributed by atoms with E-state index in [2.05, 4.69) is 20.7 Å². The maximum absolute atomic E-state index is 12.7. The number of nitrogens with zero attached hydrogens (tertiary/aromatic N) is 3. The summed E-state index contributed by atoms with van der Waals surface area (Å²) in [5.74, 6) is 0.474. The molecule has 25 heavy (non-hydrogen) atoms. The van der Waals surface area contributed by atoms with Crippen LogP contribution in [0.3, 0.4) is 0 Å². The third-order valence-electron chi connectivity index (χ3n) is 4.14. The average molecular weight is 341 g/mol. The van der Waals surface area contributed by atoms with E-state index in [9.17, 15) is 4.79 Å². The molecule has 0 fully saturated rings. The smallest absolute Gasteiger partial charge is 0.252 e. The number of furan rings is 1. The second kappa shape index (κ2) is 7.06. The zero-order chi connectivity index (χ0) is 18.0. The van der Waals surface area contributed by atoms with E-state index >= 15 is 0 Å². The Bertz CT molecular complexity index is 867. The highest BCUT2D eigenvalue weighted by Crippen LogP contribution is 2.26. The van der Waals surface area contributed by atoms with E-state index in [1.54, 1.807) is 24.6 Å². The summed E-state index contributed by atoms with van der Waals surface area (Å²) in [6, 6.07) is 5.71. The van der Waals surface area contributed by atoms with Crippen molar-refractivity contribution in [2.75, 3.05) is 13.6 Å². The van der Waals surface area contributed by atoms with Crippen LogP contribution in [0.5, 0.6) is 0 Å². The van der Waals surface area contributed by atoms with E-state index in [1.165, 1.54) is 0 Å². The Kier molecular flexibility index (Phi) is 4.85. The summed E-state index contributed by atoms with van der Waals surface area (Å²) in [7, 11) is 1.86. The van der Waals surface area contributed by atoms with Crippen LogP contribution in [-0.4, -0.2) is 40.3 Å². The minimum absolute atomic E-state index is 0.136. The number of pyridine rings is 1. The van der Waals surface area contributed by atoms with Gasteiger partial charge in [0.2, 0.25) is 0 Å². The standard InChI is InChI=1S/C18H23N5O2/c1-11(2)23-17-14(10-21-23)13(18(24)20-9-12(3)19-4)8-15(22-17)16-6-5-7-25-16/h5-8,10-12,19H,9H2,1-4H3,(H,20,24). The highest BCUT2D eigenvalue weighted by Gasteiger charge is 2.19. The molecule has 0 aliphatic carbocycles. The largest absolute Gasteiger partial charge is 0.463 e. The van der Waals surface area contributed by atoms with Gasteiger partial charge in [-0.05, 0) is 46.0 Å². The van der Waals surface area contributed by atoms with E-state index in [0.717, 1.165) is 5.39 Å². The summed E-state index contributed by atoms with van der Waals surface area (Å²) in [5, 5.41) is 11.2. The lowest BCUT2D eigenvalue weighted by molar-refractivity contribution is 0.0952. The number of likely N-dealkylation sites (N-methyl/N-ethyl adjacent to an activating group) is 1. The van der Waals surface area contributed by atoms with E-state index in [4.69, 9.17) is 4.42 Å². The number of hydrogen-bond acceptors (Lipinski definition) is 5. The van der Waals surface area contributed by atoms with Crippen LogP contribution in [-0.2, 0) is 0 Å². The first-order chi connectivity index (χ1) is 12.0. The first-order valence-electron chi connectivity index (χ1n) is 8.39.